The van der Waals surface area contributed by atoms with Crippen molar-refractivity contribution in [3.8, 4) is 16.9 Å². The maximum Gasteiger partial charge on any atom is 0.235 e. The Morgan fingerprint density at radius 3 is 2.41 bits per heavy atom. The summed E-state index contributed by atoms with van der Waals surface area (Å²) >= 11 is 0. The van der Waals surface area contributed by atoms with Gasteiger partial charge in [0, 0.05) is 18.5 Å². The van der Waals surface area contributed by atoms with Gasteiger partial charge < -0.3 is 15.9 Å². The number of primary amides is 1. The number of Topliss-reactive ketones (excluding diaryl/α,β-unsaturated/α-hetero) is 4. The molecule has 0 radical (unpaired) electrons. The zero-order chi connectivity index (χ0) is 32.2. The maximum atomic E-state index is 14.1. The van der Waals surface area contributed by atoms with Gasteiger partial charge in [-0.15, -0.1) is 0 Å². The molecule has 1 amide bonds. The van der Waals surface area contributed by atoms with Crippen LogP contribution in [0.1, 0.15) is 55.1 Å². The van der Waals surface area contributed by atoms with Crippen molar-refractivity contribution < 1.29 is 34.2 Å². The predicted molar refractivity (Wildman–Crippen MR) is 163 cm³/mol. The SMILES string of the molecule is CCCN(Cc1cccc(-c2ccc(O)c3c2C[C@H]2C[C@H]4[C@H](N(C)C)C(=O)C(C(N)=O)C(=O)[C@@]4(O)C(=O)C2C3=O)c1)C(C)C. The predicted octanol–water partition coefficient (Wildman–Crippen LogP) is 2.15. The lowest BCUT2D eigenvalue weighted by molar-refractivity contribution is -0.181. The number of carbonyl (C=O) groups is 5. The van der Waals surface area contributed by atoms with Crippen molar-refractivity contribution >= 4 is 29.0 Å². The molecule has 10 nitrogen and oxygen atoms in total. The highest BCUT2D eigenvalue weighted by atomic mass is 16.3. The number of ketones is 4. The summed E-state index contributed by atoms with van der Waals surface area (Å²) in [6.07, 6.45) is 1.26. The molecular weight excluding hydrogens is 562 g/mol. The highest BCUT2D eigenvalue weighted by molar-refractivity contribution is 6.32. The molecular formula is C34H41N3O7. The van der Waals surface area contributed by atoms with Crippen LogP contribution in [0.2, 0.25) is 0 Å². The number of phenolic OH excluding ortho intramolecular Hbond substituents is 1. The van der Waals surface area contributed by atoms with Crippen molar-refractivity contribution in [2.45, 2.75) is 64.3 Å². The van der Waals surface area contributed by atoms with Crippen LogP contribution in [-0.2, 0) is 32.1 Å². The molecule has 0 saturated heterocycles. The molecule has 44 heavy (non-hydrogen) atoms. The van der Waals surface area contributed by atoms with Crippen LogP contribution in [0.25, 0.3) is 11.1 Å². The second kappa shape index (κ2) is 11.6. The van der Waals surface area contributed by atoms with Crippen LogP contribution < -0.4 is 5.73 Å². The molecule has 2 aromatic carbocycles. The topological polar surface area (TPSA) is 158 Å². The molecule has 2 unspecified atom stereocenters. The second-order valence-electron chi connectivity index (χ2n) is 13.0. The number of carbonyl (C=O) groups excluding carboxylic acids is 5. The van der Waals surface area contributed by atoms with E-state index in [9.17, 15) is 34.2 Å². The van der Waals surface area contributed by atoms with Crippen molar-refractivity contribution in [2.75, 3.05) is 20.6 Å². The normalized spacial score (nSPS) is 28.3. The summed E-state index contributed by atoms with van der Waals surface area (Å²) in [5.74, 6) is -10.5. The van der Waals surface area contributed by atoms with Gasteiger partial charge in [0.05, 0.1) is 17.5 Å². The summed E-state index contributed by atoms with van der Waals surface area (Å²) in [5.41, 5.74) is 5.95. The smallest absolute Gasteiger partial charge is 0.235 e. The van der Waals surface area contributed by atoms with E-state index in [1.165, 1.54) is 11.0 Å². The van der Waals surface area contributed by atoms with E-state index in [4.69, 9.17) is 5.73 Å². The Bertz CT molecular complexity index is 1550. The van der Waals surface area contributed by atoms with Gasteiger partial charge in [-0.1, -0.05) is 31.2 Å². The molecule has 2 saturated carbocycles. The summed E-state index contributed by atoms with van der Waals surface area (Å²) in [7, 11) is 3.14. The number of rotatable bonds is 8. The van der Waals surface area contributed by atoms with Crippen molar-refractivity contribution in [1.29, 1.82) is 0 Å². The average Bonchev–Trinajstić information content (AvgIpc) is 2.94. The standard InChI is InChI=1S/C34H41N3O7/c1-6-12-37(17(2)3)16-18-8-7-9-19(13-18)21-10-11-24(38)26-22(21)14-20-15-23-28(36(4)5)30(40)27(33(35)43)32(42)34(23,44)31(41)25(20)29(26)39/h7-11,13,17,20,23,25,27-28,38,44H,6,12,14-16H2,1-5H3,(H2,35,43)/t20-,23-,25?,27?,28-,34-/m0/s1. The van der Waals surface area contributed by atoms with Gasteiger partial charge in [0.25, 0.3) is 0 Å². The molecule has 5 rings (SSSR count). The highest BCUT2D eigenvalue weighted by Gasteiger charge is 2.69. The van der Waals surface area contributed by atoms with E-state index in [1.807, 2.05) is 12.1 Å². The fourth-order valence-electron chi connectivity index (χ4n) is 7.75. The number of phenols is 1. The molecule has 0 spiro atoms. The number of aliphatic hydroxyl groups is 1. The van der Waals surface area contributed by atoms with Gasteiger partial charge in [-0.25, -0.2) is 0 Å². The lowest BCUT2D eigenvalue weighted by Crippen LogP contribution is -2.74. The number of hydrogen-bond donors (Lipinski definition) is 3. The van der Waals surface area contributed by atoms with Crippen LogP contribution in [-0.4, -0.2) is 87.4 Å². The number of benzene rings is 2. The first-order valence-electron chi connectivity index (χ1n) is 15.3. The number of amides is 1. The second-order valence-corrected chi connectivity index (χ2v) is 13.0. The first kappa shape index (κ1) is 31.7. The molecule has 4 N–H and O–H groups in total. The number of likely N-dealkylation sites (N-methyl/N-ethyl adjacent to an activating group) is 1. The summed E-state index contributed by atoms with van der Waals surface area (Å²) in [6.45, 7) is 8.16. The van der Waals surface area contributed by atoms with Crippen molar-refractivity contribution in [2.24, 2.45) is 29.4 Å². The average molecular weight is 604 g/mol. The summed E-state index contributed by atoms with van der Waals surface area (Å²) < 4.78 is 0. The fraction of sp³-hybridized carbons (Fsp3) is 0.500. The number of fused-ring (bicyclic) bond motifs is 3. The van der Waals surface area contributed by atoms with Crippen LogP contribution in [0.15, 0.2) is 36.4 Å². The molecule has 0 heterocycles. The molecule has 3 aliphatic carbocycles. The minimum Gasteiger partial charge on any atom is -0.507 e. The fourth-order valence-corrected chi connectivity index (χ4v) is 7.75. The van der Waals surface area contributed by atoms with Crippen LogP contribution in [0.3, 0.4) is 0 Å². The lowest BCUT2D eigenvalue weighted by atomic mass is 9.52. The molecule has 6 atom stereocenters. The van der Waals surface area contributed by atoms with Crippen LogP contribution in [0.5, 0.6) is 5.75 Å². The Labute approximate surface area is 257 Å². The molecule has 3 aliphatic rings. The number of nitrogens with zero attached hydrogens (tertiary/aromatic N) is 2. The van der Waals surface area contributed by atoms with Gasteiger partial charge >= 0.3 is 0 Å². The summed E-state index contributed by atoms with van der Waals surface area (Å²) in [6, 6.07) is 10.5. The van der Waals surface area contributed by atoms with Gasteiger partial charge in [0.1, 0.15) is 5.75 Å². The summed E-state index contributed by atoms with van der Waals surface area (Å²) in [5, 5.41) is 22.7. The van der Waals surface area contributed by atoms with Gasteiger partial charge in [-0.3, -0.25) is 33.8 Å². The van der Waals surface area contributed by atoms with E-state index in [1.54, 1.807) is 20.2 Å². The van der Waals surface area contributed by atoms with E-state index in [0.717, 1.165) is 36.2 Å². The lowest BCUT2D eigenvalue weighted by Gasteiger charge is -2.52. The summed E-state index contributed by atoms with van der Waals surface area (Å²) in [4.78, 5) is 70.9. The van der Waals surface area contributed by atoms with E-state index >= 15 is 0 Å². The van der Waals surface area contributed by atoms with Crippen LogP contribution in [0.4, 0.5) is 0 Å². The number of aromatic hydroxyl groups is 1. The third-order valence-corrected chi connectivity index (χ3v) is 9.81. The Balaban J connectivity index is 1.58. The third kappa shape index (κ3) is 4.89. The zero-order valence-corrected chi connectivity index (χ0v) is 25.9. The monoisotopic (exact) mass is 603 g/mol. The molecule has 2 fully saturated rings. The molecule has 234 valence electrons. The largest absolute Gasteiger partial charge is 0.507 e. The molecule has 0 aromatic heterocycles. The quantitative estimate of drug-likeness (QED) is 0.385. The Morgan fingerprint density at radius 1 is 1.09 bits per heavy atom. The van der Waals surface area contributed by atoms with E-state index in [2.05, 4.69) is 37.8 Å². The van der Waals surface area contributed by atoms with Gasteiger partial charge in [0.15, 0.2) is 34.7 Å². The Morgan fingerprint density at radius 2 is 1.80 bits per heavy atom. The van der Waals surface area contributed by atoms with E-state index < -0.39 is 64.4 Å². The van der Waals surface area contributed by atoms with Crippen molar-refractivity contribution in [3.05, 3.63) is 53.1 Å². The van der Waals surface area contributed by atoms with E-state index in [-0.39, 0.29) is 24.2 Å². The van der Waals surface area contributed by atoms with Gasteiger partial charge in [-0.05, 0) is 94.1 Å². The maximum absolute atomic E-state index is 14.1. The molecule has 10 heteroatoms. The Kier molecular flexibility index (Phi) is 8.39. The molecule has 2 aromatic rings. The first-order valence-corrected chi connectivity index (χ1v) is 15.3. The third-order valence-electron chi connectivity index (χ3n) is 9.81. The number of hydrogen-bond acceptors (Lipinski definition) is 9. The minimum absolute atomic E-state index is 0.00529. The van der Waals surface area contributed by atoms with Crippen LogP contribution >= 0.6 is 0 Å². The molecule has 0 aliphatic heterocycles. The van der Waals surface area contributed by atoms with Gasteiger partial charge in [0.2, 0.25) is 5.91 Å². The highest BCUT2D eigenvalue weighted by Crippen LogP contribution is 2.51. The molecule has 0 bridgehead atoms. The van der Waals surface area contributed by atoms with Gasteiger partial charge in [-0.2, -0.15) is 0 Å². The zero-order valence-electron chi connectivity index (χ0n) is 25.9. The first-order chi connectivity index (χ1) is 20.7. The Hall–Kier alpha value is -3.73. The van der Waals surface area contributed by atoms with Crippen molar-refractivity contribution in [1.82, 2.24) is 9.80 Å². The minimum atomic E-state index is -2.74. The van der Waals surface area contributed by atoms with Crippen LogP contribution in [0, 0.1) is 23.7 Å². The number of nitrogens with two attached hydrogens (primary N) is 1. The van der Waals surface area contributed by atoms with E-state index in [0.29, 0.717) is 11.6 Å². The van der Waals surface area contributed by atoms with Crippen molar-refractivity contribution in [3.63, 3.8) is 0 Å².